The molecule has 0 aliphatic carbocycles. The topological polar surface area (TPSA) is 111 Å². The number of morpholine rings is 1. The molecule has 168 valence electrons. The summed E-state index contributed by atoms with van der Waals surface area (Å²) in [4.78, 5) is 40.5. The van der Waals surface area contributed by atoms with E-state index in [2.05, 4.69) is 10.6 Å². The number of aromatic hydroxyl groups is 1. The van der Waals surface area contributed by atoms with Crippen molar-refractivity contribution < 1.29 is 28.6 Å². The average Bonchev–Trinajstić information content (AvgIpc) is 2.78. The lowest BCUT2D eigenvalue weighted by Crippen LogP contribution is -2.61. The van der Waals surface area contributed by atoms with Gasteiger partial charge in [-0.3, -0.25) is 9.59 Å². The van der Waals surface area contributed by atoms with E-state index < -0.39 is 23.5 Å². The second-order valence-corrected chi connectivity index (χ2v) is 7.77. The van der Waals surface area contributed by atoms with E-state index in [0.29, 0.717) is 19.7 Å². The molecule has 0 radical (unpaired) electrons. The number of hydrogen-bond acceptors (Lipinski definition) is 5. The van der Waals surface area contributed by atoms with Crippen LogP contribution in [0.25, 0.3) is 0 Å². The van der Waals surface area contributed by atoms with Crippen molar-refractivity contribution in [2.75, 3.05) is 43.5 Å². The molecule has 2 saturated heterocycles. The molecular formula is C21H20ClFN4O5. The third-order valence-electron chi connectivity index (χ3n) is 5.34. The summed E-state index contributed by atoms with van der Waals surface area (Å²) in [6.07, 6.45) is 0. The first-order valence-corrected chi connectivity index (χ1v) is 10.2. The minimum Gasteiger partial charge on any atom is -0.505 e. The van der Waals surface area contributed by atoms with E-state index in [-0.39, 0.29) is 47.1 Å². The zero-order valence-electron chi connectivity index (χ0n) is 16.8. The van der Waals surface area contributed by atoms with Gasteiger partial charge in [-0.1, -0.05) is 23.7 Å². The standard InChI is InChI=1S/C21H20ClFN4O5/c22-18-14(23)4-2-5-15(18)24-21(31)25-16-6-1-3-13(19(16)29)20(30)26-7-8-27-12(9-26)10-32-11-17(27)28/h1-6,12,29H,7-11H2,(H2,24,25,31). The Kier molecular flexibility index (Phi) is 6.15. The highest BCUT2D eigenvalue weighted by atomic mass is 35.5. The molecule has 0 saturated carbocycles. The van der Waals surface area contributed by atoms with Crippen molar-refractivity contribution >= 4 is 40.8 Å². The van der Waals surface area contributed by atoms with Crippen LogP contribution in [0.3, 0.4) is 0 Å². The molecule has 2 aliphatic heterocycles. The monoisotopic (exact) mass is 462 g/mol. The molecule has 0 bridgehead atoms. The zero-order chi connectivity index (χ0) is 22.8. The number of nitrogens with one attached hydrogen (secondary N) is 2. The SMILES string of the molecule is O=C(Nc1cccc(C(=O)N2CCN3C(=O)COCC3C2)c1O)Nc1cccc(F)c1Cl. The number of halogens is 2. The molecule has 0 aromatic heterocycles. The summed E-state index contributed by atoms with van der Waals surface area (Å²) in [7, 11) is 0. The molecule has 2 aromatic carbocycles. The van der Waals surface area contributed by atoms with Crippen LogP contribution >= 0.6 is 11.6 Å². The number of benzene rings is 2. The van der Waals surface area contributed by atoms with Gasteiger partial charge in [-0.15, -0.1) is 0 Å². The van der Waals surface area contributed by atoms with Crippen molar-refractivity contribution in [3.8, 4) is 5.75 Å². The Morgan fingerprint density at radius 2 is 1.84 bits per heavy atom. The minimum absolute atomic E-state index is 0.00286. The van der Waals surface area contributed by atoms with Crippen molar-refractivity contribution in [1.82, 2.24) is 9.80 Å². The molecule has 2 aromatic rings. The number of para-hydroxylation sites is 1. The number of carbonyl (C=O) groups excluding carboxylic acids is 3. The first kappa shape index (κ1) is 21.8. The van der Waals surface area contributed by atoms with Crippen LogP contribution in [0.2, 0.25) is 5.02 Å². The van der Waals surface area contributed by atoms with E-state index in [4.69, 9.17) is 16.3 Å². The third-order valence-corrected chi connectivity index (χ3v) is 5.72. The van der Waals surface area contributed by atoms with Gasteiger partial charge in [-0.05, 0) is 24.3 Å². The first-order valence-electron chi connectivity index (χ1n) is 9.85. The van der Waals surface area contributed by atoms with Crippen LogP contribution in [0, 0.1) is 5.82 Å². The summed E-state index contributed by atoms with van der Waals surface area (Å²) < 4.78 is 18.8. The maximum Gasteiger partial charge on any atom is 0.323 e. The molecule has 32 heavy (non-hydrogen) atoms. The van der Waals surface area contributed by atoms with Gasteiger partial charge in [0.25, 0.3) is 5.91 Å². The van der Waals surface area contributed by atoms with Crippen molar-refractivity contribution in [2.45, 2.75) is 6.04 Å². The van der Waals surface area contributed by atoms with Crippen LogP contribution in [0.5, 0.6) is 5.75 Å². The Balaban J connectivity index is 1.46. The van der Waals surface area contributed by atoms with Gasteiger partial charge < -0.3 is 30.3 Å². The van der Waals surface area contributed by atoms with E-state index in [1.54, 1.807) is 4.90 Å². The summed E-state index contributed by atoms with van der Waals surface area (Å²) in [6.45, 7) is 1.36. The number of phenolic OH excluding ortho intramolecular Hbond substituents is 1. The summed E-state index contributed by atoms with van der Waals surface area (Å²) in [5.74, 6) is -1.63. The Labute approximate surface area is 187 Å². The molecular weight excluding hydrogens is 443 g/mol. The molecule has 4 amide bonds. The largest absolute Gasteiger partial charge is 0.505 e. The molecule has 2 aliphatic rings. The number of urea groups is 1. The Morgan fingerprint density at radius 1 is 1.12 bits per heavy atom. The van der Waals surface area contributed by atoms with E-state index in [0.717, 1.165) is 6.07 Å². The van der Waals surface area contributed by atoms with Gasteiger partial charge >= 0.3 is 6.03 Å². The van der Waals surface area contributed by atoms with Gasteiger partial charge in [-0.2, -0.15) is 0 Å². The summed E-state index contributed by atoms with van der Waals surface area (Å²) in [5, 5.41) is 15.2. The number of piperazine rings is 1. The molecule has 2 fully saturated rings. The quantitative estimate of drug-likeness (QED) is 0.607. The highest BCUT2D eigenvalue weighted by Crippen LogP contribution is 2.30. The van der Waals surface area contributed by atoms with Crippen LogP contribution in [0.4, 0.5) is 20.6 Å². The molecule has 1 unspecified atom stereocenters. The normalized spacial score (nSPS) is 18.2. The fourth-order valence-electron chi connectivity index (χ4n) is 3.74. The molecule has 1 atom stereocenters. The molecule has 0 spiro atoms. The van der Waals surface area contributed by atoms with E-state index in [1.807, 2.05) is 0 Å². The van der Waals surface area contributed by atoms with Crippen LogP contribution in [0.1, 0.15) is 10.4 Å². The number of carbonyl (C=O) groups is 3. The molecule has 11 heteroatoms. The van der Waals surface area contributed by atoms with Crippen molar-refractivity contribution in [1.29, 1.82) is 0 Å². The van der Waals surface area contributed by atoms with Gasteiger partial charge in [0.1, 0.15) is 12.4 Å². The average molecular weight is 463 g/mol. The third kappa shape index (κ3) is 4.32. The van der Waals surface area contributed by atoms with Crippen molar-refractivity contribution in [3.63, 3.8) is 0 Å². The highest BCUT2D eigenvalue weighted by Gasteiger charge is 2.36. The number of nitrogens with zero attached hydrogens (tertiary/aromatic N) is 2. The van der Waals surface area contributed by atoms with Crippen LogP contribution in [-0.4, -0.2) is 71.6 Å². The lowest BCUT2D eigenvalue weighted by Gasteiger charge is -2.43. The fourth-order valence-corrected chi connectivity index (χ4v) is 3.91. The maximum absolute atomic E-state index is 13.5. The first-order chi connectivity index (χ1) is 15.3. The van der Waals surface area contributed by atoms with E-state index in [9.17, 15) is 23.9 Å². The molecule has 2 heterocycles. The number of anilines is 2. The number of hydrogen-bond donors (Lipinski definition) is 3. The lowest BCUT2D eigenvalue weighted by molar-refractivity contribution is -0.151. The molecule has 9 nitrogen and oxygen atoms in total. The van der Waals surface area contributed by atoms with Gasteiger partial charge in [-0.25, -0.2) is 9.18 Å². The molecule has 4 rings (SSSR count). The Bertz CT molecular complexity index is 1080. The molecule has 3 N–H and O–H groups in total. The number of rotatable bonds is 3. The summed E-state index contributed by atoms with van der Waals surface area (Å²) in [5.41, 5.74) is 0.0526. The van der Waals surface area contributed by atoms with Crippen molar-refractivity contribution in [3.05, 3.63) is 52.8 Å². The van der Waals surface area contributed by atoms with Gasteiger partial charge in [0.05, 0.1) is 34.6 Å². The Hall–Kier alpha value is -3.37. The zero-order valence-corrected chi connectivity index (χ0v) is 17.6. The van der Waals surface area contributed by atoms with Crippen LogP contribution in [-0.2, 0) is 9.53 Å². The highest BCUT2D eigenvalue weighted by molar-refractivity contribution is 6.34. The second-order valence-electron chi connectivity index (χ2n) is 7.39. The van der Waals surface area contributed by atoms with Gasteiger partial charge in [0.15, 0.2) is 5.75 Å². The van der Waals surface area contributed by atoms with Gasteiger partial charge in [0.2, 0.25) is 5.91 Å². The van der Waals surface area contributed by atoms with E-state index >= 15 is 0 Å². The summed E-state index contributed by atoms with van der Waals surface area (Å²) >= 11 is 5.83. The van der Waals surface area contributed by atoms with Crippen LogP contribution < -0.4 is 10.6 Å². The predicted molar refractivity (Wildman–Crippen MR) is 114 cm³/mol. The van der Waals surface area contributed by atoms with E-state index in [1.165, 1.54) is 35.2 Å². The lowest BCUT2D eigenvalue weighted by atomic mass is 10.1. The number of ether oxygens (including phenoxy) is 1. The number of phenols is 1. The minimum atomic E-state index is -0.774. The number of fused-ring (bicyclic) bond motifs is 1. The van der Waals surface area contributed by atoms with Gasteiger partial charge in [0, 0.05) is 19.6 Å². The number of amides is 4. The summed E-state index contributed by atoms with van der Waals surface area (Å²) in [6, 6.07) is 7.33. The van der Waals surface area contributed by atoms with Crippen molar-refractivity contribution in [2.24, 2.45) is 0 Å². The van der Waals surface area contributed by atoms with Crippen LogP contribution in [0.15, 0.2) is 36.4 Å². The fraction of sp³-hybridized carbons (Fsp3) is 0.286. The smallest absolute Gasteiger partial charge is 0.323 e. The predicted octanol–water partition coefficient (Wildman–Crippen LogP) is 2.51. The Morgan fingerprint density at radius 3 is 2.66 bits per heavy atom. The maximum atomic E-state index is 13.5. The second kappa shape index (κ2) is 9.01.